The van der Waals surface area contributed by atoms with Gasteiger partial charge in [0.25, 0.3) is 5.69 Å². The molecule has 0 fully saturated rings. The SMILES string of the molecule is O=[N+]([O-])c1cccc2c1NC(c1cccc(Br)c1)CC(c1ccccc1)=N2. The Morgan fingerprint density at radius 3 is 2.56 bits per heavy atom. The summed E-state index contributed by atoms with van der Waals surface area (Å²) in [4.78, 5) is 16.0. The Balaban J connectivity index is 1.88. The van der Waals surface area contributed by atoms with Crippen LogP contribution in [0.4, 0.5) is 17.1 Å². The Morgan fingerprint density at radius 2 is 1.81 bits per heavy atom. The van der Waals surface area contributed by atoms with Crippen molar-refractivity contribution in [3.63, 3.8) is 0 Å². The Bertz CT molecular complexity index is 1030. The Labute approximate surface area is 165 Å². The molecule has 3 aromatic rings. The third-order valence-electron chi connectivity index (χ3n) is 4.55. The second-order valence-electron chi connectivity index (χ2n) is 6.31. The monoisotopic (exact) mass is 421 g/mol. The minimum atomic E-state index is -0.368. The molecule has 0 saturated carbocycles. The minimum absolute atomic E-state index is 0.0329. The predicted octanol–water partition coefficient (Wildman–Crippen LogP) is 6.04. The van der Waals surface area contributed by atoms with Crippen molar-refractivity contribution < 1.29 is 4.92 Å². The van der Waals surface area contributed by atoms with Gasteiger partial charge in [-0.2, -0.15) is 0 Å². The van der Waals surface area contributed by atoms with Gasteiger partial charge in [-0.1, -0.05) is 64.5 Å². The maximum atomic E-state index is 11.5. The quantitative estimate of drug-likeness (QED) is 0.414. The van der Waals surface area contributed by atoms with Gasteiger partial charge in [0.15, 0.2) is 0 Å². The molecule has 1 atom stereocenters. The number of nitrogens with one attached hydrogen (secondary N) is 1. The number of halogens is 1. The Hall–Kier alpha value is -2.99. The summed E-state index contributed by atoms with van der Waals surface area (Å²) in [6.07, 6.45) is 0.617. The second-order valence-corrected chi connectivity index (χ2v) is 7.22. The minimum Gasteiger partial charge on any atom is -0.371 e. The molecule has 134 valence electrons. The smallest absolute Gasteiger partial charge is 0.294 e. The lowest BCUT2D eigenvalue weighted by molar-refractivity contribution is -0.383. The first-order valence-corrected chi connectivity index (χ1v) is 9.33. The molecule has 1 aliphatic rings. The van der Waals surface area contributed by atoms with E-state index in [0.29, 0.717) is 17.8 Å². The van der Waals surface area contributed by atoms with Crippen LogP contribution in [0.15, 0.2) is 82.3 Å². The molecule has 4 rings (SSSR count). The summed E-state index contributed by atoms with van der Waals surface area (Å²) in [5, 5.41) is 14.9. The normalized spacial score (nSPS) is 15.9. The number of fused-ring (bicyclic) bond motifs is 1. The molecule has 3 aromatic carbocycles. The van der Waals surface area contributed by atoms with Crippen molar-refractivity contribution in [3.8, 4) is 0 Å². The number of nitro benzene ring substituents is 1. The fraction of sp³-hybridized carbons (Fsp3) is 0.0952. The lowest BCUT2D eigenvalue weighted by atomic mass is 9.97. The van der Waals surface area contributed by atoms with Gasteiger partial charge in [-0.25, -0.2) is 0 Å². The fourth-order valence-electron chi connectivity index (χ4n) is 3.27. The van der Waals surface area contributed by atoms with Gasteiger partial charge in [-0.15, -0.1) is 0 Å². The average molecular weight is 422 g/mol. The number of nitro groups is 1. The highest BCUT2D eigenvalue weighted by molar-refractivity contribution is 9.10. The van der Waals surface area contributed by atoms with E-state index in [1.165, 1.54) is 6.07 Å². The standard InChI is InChI=1S/C21H16BrN3O2/c22-16-9-4-8-15(12-16)19-13-18(14-6-2-1-3-7-14)23-17-10-5-11-20(25(26)27)21(17)24-19/h1-12,19,24H,13H2. The van der Waals surface area contributed by atoms with Crippen LogP contribution in [0.25, 0.3) is 0 Å². The third-order valence-corrected chi connectivity index (χ3v) is 5.04. The van der Waals surface area contributed by atoms with Crippen molar-refractivity contribution in [2.45, 2.75) is 12.5 Å². The summed E-state index contributed by atoms with van der Waals surface area (Å²) in [7, 11) is 0. The highest BCUT2D eigenvalue weighted by atomic mass is 79.9. The van der Waals surface area contributed by atoms with Gasteiger partial charge >= 0.3 is 0 Å². The maximum absolute atomic E-state index is 11.5. The van der Waals surface area contributed by atoms with Crippen molar-refractivity contribution in [3.05, 3.63) is 98.5 Å². The van der Waals surface area contributed by atoms with Crippen LogP contribution in [0, 0.1) is 10.1 Å². The van der Waals surface area contributed by atoms with E-state index in [0.717, 1.165) is 21.3 Å². The highest BCUT2D eigenvalue weighted by Gasteiger charge is 2.26. The molecule has 0 spiro atoms. The van der Waals surface area contributed by atoms with E-state index in [9.17, 15) is 10.1 Å². The van der Waals surface area contributed by atoms with E-state index in [1.54, 1.807) is 6.07 Å². The van der Waals surface area contributed by atoms with Crippen LogP contribution in [0.5, 0.6) is 0 Å². The van der Waals surface area contributed by atoms with Crippen molar-refractivity contribution in [2.24, 2.45) is 4.99 Å². The summed E-state index contributed by atoms with van der Waals surface area (Å²) >= 11 is 3.51. The van der Waals surface area contributed by atoms with Gasteiger partial charge in [0.1, 0.15) is 5.69 Å². The summed E-state index contributed by atoms with van der Waals surface area (Å²) in [6.45, 7) is 0. The molecule has 0 aliphatic carbocycles. The van der Waals surface area contributed by atoms with Crippen molar-refractivity contribution in [1.82, 2.24) is 0 Å². The van der Waals surface area contributed by atoms with E-state index in [1.807, 2.05) is 60.7 Å². The molecule has 0 amide bonds. The van der Waals surface area contributed by atoms with Crippen molar-refractivity contribution in [1.29, 1.82) is 0 Å². The molecule has 27 heavy (non-hydrogen) atoms. The van der Waals surface area contributed by atoms with Crippen LogP contribution >= 0.6 is 15.9 Å². The molecule has 1 aliphatic heterocycles. The summed E-state index contributed by atoms with van der Waals surface area (Å²) < 4.78 is 0.965. The first-order chi connectivity index (χ1) is 13.1. The molecule has 0 saturated heterocycles. The number of hydrogen-bond donors (Lipinski definition) is 1. The zero-order valence-corrected chi connectivity index (χ0v) is 15.9. The predicted molar refractivity (Wildman–Crippen MR) is 111 cm³/mol. The summed E-state index contributed by atoms with van der Waals surface area (Å²) in [5.41, 5.74) is 4.02. The van der Waals surface area contributed by atoms with Crippen LogP contribution in [0.3, 0.4) is 0 Å². The van der Waals surface area contributed by atoms with Gasteiger partial charge in [-0.05, 0) is 29.3 Å². The number of nitrogens with zero attached hydrogens (tertiary/aromatic N) is 2. The van der Waals surface area contributed by atoms with Gasteiger partial charge < -0.3 is 5.32 Å². The molecule has 5 nitrogen and oxygen atoms in total. The number of para-hydroxylation sites is 1. The molecule has 1 unspecified atom stereocenters. The number of anilines is 1. The summed E-state index contributed by atoms with van der Waals surface area (Å²) in [5.74, 6) is 0. The van der Waals surface area contributed by atoms with Gasteiger partial charge in [0.2, 0.25) is 0 Å². The number of rotatable bonds is 3. The lowest BCUT2D eigenvalue weighted by Crippen LogP contribution is -2.15. The Kier molecular flexibility index (Phi) is 4.73. The molecule has 1 heterocycles. The van der Waals surface area contributed by atoms with Gasteiger partial charge in [0.05, 0.1) is 22.4 Å². The number of aliphatic imine (C=N–C) groups is 1. The zero-order valence-electron chi connectivity index (χ0n) is 14.3. The van der Waals surface area contributed by atoms with Crippen LogP contribution < -0.4 is 5.32 Å². The topological polar surface area (TPSA) is 67.5 Å². The second kappa shape index (κ2) is 7.32. The van der Waals surface area contributed by atoms with E-state index in [-0.39, 0.29) is 16.7 Å². The Morgan fingerprint density at radius 1 is 1.04 bits per heavy atom. The first-order valence-electron chi connectivity index (χ1n) is 8.54. The van der Waals surface area contributed by atoms with E-state index < -0.39 is 0 Å². The lowest BCUT2D eigenvalue weighted by Gasteiger charge is -2.19. The molecule has 1 N–H and O–H groups in total. The fourth-order valence-corrected chi connectivity index (χ4v) is 3.69. The number of benzene rings is 3. The molecular weight excluding hydrogens is 406 g/mol. The van der Waals surface area contributed by atoms with Crippen molar-refractivity contribution in [2.75, 3.05) is 5.32 Å². The van der Waals surface area contributed by atoms with Crippen LogP contribution in [0.1, 0.15) is 23.6 Å². The van der Waals surface area contributed by atoms with Crippen LogP contribution in [0.2, 0.25) is 0 Å². The highest BCUT2D eigenvalue weighted by Crippen LogP contribution is 2.41. The zero-order chi connectivity index (χ0) is 18.8. The molecule has 6 heteroatoms. The van der Waals surface area contributed by atoms with Crippen molar-refractivity contribution >= 4 is 38.7 Å². The molecular formula is C21H16BrN3O2. The van der Waals surface area contributed by atoms with Gasteiger partial charge in [-0.3, -0.25) is 15.1 Å². The molecule has 0 radical (unpaired) electrons. The molecule has 0 bridgehead atoms. The van der Waals surface area contributed by atoms with Crippen LogP contribution in [-0.2, 0) is 0 Å². The van der Waals surface area contributed by atoms with Crippen LogP contribution in [-0.4, -0.2) is 10.6 Å². The maximum Gasteiger partial charge on any atom is 0.294 e. The van der Waals surface area contributed by atoms with E-state index in [4.69, 9.17) is 4.99 Å². The summed E-state index contributed by atoms with van der Waals surface area (Å²) in [6, 6.07) is 22.8. The third kappa shape index (κ3) is 3.61. The van der Waals surface area contributed by atoms with E-state index in [2.05, 4.69) is 21.2 Å². The largest absolute Gasteiger partial charge is 0.371 e. The number of hydrogen-bond acceptors (Lipinski definition) is 4. The first kappa shape index (κ1) is 17.4. The average Bonchev–Trinajstić information content (AvgIpc) is 2.88. The van der Waals surface area contributed by atoms with E-state index >= 15 is 0 Å². The van der Waals surface area contributed by atoms with Gasteiger partial charge in [0, 0.05) is 17.0 Å². The molecule has 0 aromatic heterocycles.